The summed E-state index contributed by atoms with van der Waals surface area (Å²) in [4.78, 5) is 24.8. The smallest absolute Gasteiger partial charge is 0.278 e. The number of rotatable bonds is 8. The molecule has 5 nitrogen and oxygen atoms in total. The number of likely N-dealkylation sites (N-methyl/N-ethyl adjacent to an activating group) is 2. The molecule has 116 valence electrons. The minimum atomic E-state index is -0.249. The molecule has 0 heterocycles. The molecule has 0 aromatic heterocycles. The lowest BCUT2D eigenvalue weighted by atomic mass is 10.2. The molecule has 2 atom stereocenters. The van der Waals surface area contributed by atoms with Crippen LogP contribution >= 0.6 is 0 Å². The van der Waals surface area contributed by atoms with Crippen molar-refractivity contribution in [3.8, 4) is 0 Å². The van der Waals surface area contributed by atoms with E-state index in [-0.39, 0.29) is 17.9 Å². The standard InChI is InChI=1S/C16H25N3O2/c1-4-17-15(20)12-19(5-2)13(3)16(21)18-11-14-9-7-6-8-10-14/h6-10,13H,4-5,11-12H2,1-3H3,(H,17,20)(H,18,21)/p+1/t13-/m0/s1. The van der Waals surface area contributed by atoms with Crippen LogP contribution < -0.4 is 15.5 Å². The number of amides is 2. The van der Waals surface area contributed by atoms with E-state index in [0.29, 0.717) is 19.6 Å². The fourth-order valence-electron chi connectivity index (χ4n) is 2.17. The SMILES string of the molecule is CCNC(=O)C[NH+](CC)[C@@H](C)C(=O)NCc1ccccc1. The zero-order valence-electron chi connectivity index (χ0n) is 13.1. The largest absolute Gasteiger partial charge is 0.351 e. The summed E-state index contributed by atoms with van der Waals surface area (Å²) in [6, 6.07) is 9.55. The maximum Gasteiger partial charge on any atom is 0.278 e. The van der Waals surface area contributed by atoms with Crippen molar-refractivity contribution in [2.24, 2.45) is 0 Å². The van der Waals surface area contributed by atoms with E-state index in [4.69, 9.17) is 0 Å². The second-order valence-electron chi connectivity index (χ2n) is 5.07. The first-order valence-electron chi connectivity index (χ1n) is 7.51. The Morgan fingerprint density at radius 2 is 1.81 bits per heavy atom. The van der Waals surface area contributed by atoms with E-state index in [9.17, 15) is 9.59 Å². The van der Waals surface area contributed by atoms with Crippen LogP contribution in [0.2, 0.25) is 0 Å². The van der Waals surface area contributed by atoms with E-state index < -0.39 is 0 Å². The minimum Gasteiger partial charge on any atom is -0.351 e. The van der Waals surface area contributed by atoms with Gasteiger partial charge in [0.05, 0.1) is 6.54 Å². The van der Waals surface area contributed by atoms with Crippen LogP contribution in [0, 0.1) is 0 Å². The van der Waals surface area contributed by atoms with Crippen molar-refractivity contribution in [1.29, 1.82) is 0 Å². The van der Waals surface area contributed by atoms with Crippen molar-refractivity contribution < 1.29 is 14.5 Å². The number of hydrogen-bond acceptors (Lipinski definition) is 2. The Hall–Kier alpha value is -1.88. The third-order valence-corrected chi connectivity index (χ3v) is 3.53. The maximum absolute atomic E-state index is 12.2. The van der Waals surface area contributed by atoms with E-state index >= 15 is 0 Å². The molecule has 0 bridgehead atoms. The lowest BCUT2D eigenvalue weighted by Gasteiger charge is -2.23. The monoisotopic (exact) mass is 292 g/mol. The molecule has 1 unspecified atom stereocenters. The van der Waals surface area contributed by atoms with Gasteiger partial charge in [-0.15, -0.1) is 0 Å². The number of carbonyl (C=O) groups is 2. The molecule has 2 amide bonds. The second kappa shape index (κ2) is 9.13. The molecule has 0 aliphatic heterocycles. The van der Waals surface area contributed by atoms with Crippen LogP contribution in [0.4, 0.5) is 0 Å². The van der Waals surface area contributed by atoms with Crippen LogP contribution in [0.25, 0.3) is 0 Å². The molecule has 0 radical (unpaired) electrons. The van der Waals surface area contributed by atoms with Gasteiger partial charge in [0.25, 0.3) is 11.8 Å². The molecule has 0 saturated carbocycles. The van der Waals surface area contributed by atoms with Gasteiger partial charge in [-0.1, -0.05) is 30.3 Å². The first kappa shape index (κ1) is 17.2. The van der Waals surface area contributed by atoms with Crippen LogP contribution in [0.3, 0.4) is 0 Å². The van der Waals surface area contributed by atoms with Crippen LogP contribution in [-0.4, -0.2) is 37.5 Å². The zero-order chi connectivity index (χ0) is 15.7. The molecule has 1 aromatic carbocycles. The van der Waals surface area contributed by atoms with Gasteiger partial charge in [-0.05, 0) is 26.3 Å². The van der Waals surface area contributed by atoms with E-state index in [1.807, 2.05) is 51.1 Å². The van der Waals surface area contributed by atoms with Gasteiger partial charge >= 0.3 is 0 Å². The molecule has 1 rings (SSSR count). The van der Waals surface area contributed by atoms with Crippen molar-refractivity contribution >= 4 is 11.8 Å². The van der Waals surface area contributed by atoms with Gasteiger partial charge in [-0.25, -0.2) is 0 Å². The number of carbonyl (C=O) groups excluding carboxylic acids is 2. The summed E-state index contributed by atoms with van der Waals surface area (Å²) in [5, 5.41) is 5.70. The van der Waals surface area contributed by atoms with Crippen LogP contribution in [0.1, 0.15) is 26.3 Å². The molecule has 0 saturated heterocycles. The summed E-state index contributed by atoms with van der Waals surface area (Å²) in [5.41, 5.74) is 1.07. The maximum atomic E-state index is 12.2. The van der Waals surface area contributed by atoms with Crippen molar-refractivity contribution in [3.63, 3.8) is 0 Å². The summed E-state index contributed by atoms with van der Waals surface area (Å²) >= 11 is 0. The van der Waals surface area contributed by atoms with Crippen LogP contribution in [-0.2, 0) is 16.1 Å². The Balaban J connectivity index is 2.49. The molecule has 1 aromatic rings. The van der Waals surface area contributed by atoms with Gasteiger partial charge in [0.15, 0.2) is 12.6 Å². The molecule has 0 fully saturated rings. The number of benzene rings is 1. The quantitative estimate of drug-likeness (QED) is 0.618. The normalized spacial score (nSPS) is 13.3. The number of nitrogens with one attached hydrogen (secondary N) is 3. The minimum absolute atomic E-state index is 0.0166. The third kappa shape index (κ3) is 5.95. The van der Waals surface area contributed by atoms with E-state index in [1.54, 1.807) is 0 Å². The molecule has 0 aliphatic carbocycles. The number of hydrogen-bond donors (Lipinski definition) is 3. The fraction of sp³-hybridized carbons (Fsp3) is 0.500. The Bertz CT molecular complexity index is 448. The fourth-order valence-corrected chi connectivity index (χ4v) is 2.17. The Kier molecular flexibility index (Phi) is 7.46. The van der Waals surface area contributed by atoms with Crippen molar-refractivity contribution in [3.05, 3.63) is 35.9 Å². The van der Waals surface area contributed by atoms with Crippen LogP contribution in [0.5, 0.6) is 0 Å². The molecule has 0 aliphatic rings. The molecular formula is C16H26N3O2+. The highest BCUT2D eigenvalue weighted by Crippen LogP contribution is 1.97. The average molecular weight is 292 g/mol. The molecule has 0 spiro atoms. The summed E-state index contributed by atoms with van der Waals surface area (Å²) < 4.78 is 0. The highest BCUT2D eigenvalue weighted by molar-refractivity contribution is 5.81. The topological polar surface area (TPSA) is 62.6 Å². The highest BCUT2D eigenvalue weighted by atomic mass is 16.2. The summed E-state index contributed by atoms with van der Waals surface area (Å²) in [7, 11) is 0. The highest BCUT2D eigenvalue weighted by Gasteiger charge is 2.25. The number of quaternary nitrogens is 1. The van der Waals surface area contributed by atoms with Crippen molar-refractivity contribution in [1.82, 2.24) is 10.6 Å². The first-order chi connectivity index (χ1) is 10.1. The predicted molar refractivity (Wildman–Crippen MR) is 82.8 cm³/mol. The van der Waals surface area contributed by atoms with E-state index in [1.165, 1.54) is 0 Å². The van der Waals surface area contributed by atoms with Gasteiger partial charge in [0, 0.05) is 13.1 Å². The summed E-state index contributed by atoms with van der Waals surface area (Å²) in [6.07, 6.45) is 0. The predicted octanol–water partition coefficient (Wildman–Crippen LogP) is -0.268. The molecular weight excluding hydrogens is 266 g/mol. The molecule has 21 heavy (non-hydrogen) atoms. The molecule has 5 heteroatoms. The third-order valence-electron chi connectivity index (χ3n) is 3.53. The van der Waals surface area contributed by atoms with Gasteiger partial charge in [-0.3, -0.25) is 9.59 Å². The summed E-state index contributed by atoms with van der Waals surface area (Å²) in [5.74, 6) is -0.0444. The Labute approximate surface area is 126 Å². The average Bonchev–Trinajstić information content (AvgIpc) is 2.51. The summed E-state index contributed by atoms with van der Waals surface area (Å²) in [6.45, 7) is 7.92. The van der Waals surface area contributed by atoms with Crippen LogP contribution in [0.15, 0.2) is 30.3 Å². The Morgan fingerprint density at radius 1 is 1.14 bits per heavy atom. The lowest BCUT2D eigenvalue weighted by Crippen LogP contribution is -3.17. The first-order valence-corrected chi connectivity index (χ1v) is 7.51. The second-order valence-corrected chi connectivity index (χ2v) is 5.07. The van der Waals surface area contributed by atoms with E-state index in [2.05, 4.69) is 10.6 Å². The van der Waals surface area contributed by atoms with Gasteiger partial charge in [0.1, 0.15) is 0 Å². The van der Waals surface area contributed by atoms with Gasteiger partial charge < -0.3 is 15.5 Å². The zero-order valence-corrected chi connectivity index (χ0v) is 13.1. The van der Waals surface area contributed by atoms with Gasteiger partial charge in [-0.2, -0.15) is 0 Å². The lowest BCUT2D eigenvalue weighted by molar-refractivity contribution is -0.904. The molecule has 3 N–H and O–H groups in total. The van der Waals surface area contributed by atoms with E-state index in [0.717, 1.165) is 17.0 Å². The Morgan fingerprint density at radius 3 is 2.38 bits per heavy atom. The van der Waals surface area contributed by atoms with Gasteiger partial charge in [0.2, 0.25) is 0 Å². The van der Waals surface area contributed by atoms with Crippen molar-refractivity contribution in [2.45, 2.75) is 33.4 Å². The van der Waals surface area contributed by atoms with Crippen molar-refractivity contribution in [2.75, 3.05) is 19.6 Å².